The van der Waals surface area contributed by atoms with Crippen molar-refractivity contribution >= 4 is 70.1 Å². The maximum atomic E-state index is 14.9. The molecular weight excluding hydrogens is 933 g/mol. The van der Waals surface area contributed by atoms with E-state index in [-0.39, 0.29) is 80.9 Å². The second-order valence-corrected chi connectivity index (χ2v) is 19.7. The molecular formula is C48H68N14O10. The highest BCUT2D eigenvalue weighted by Gasteiger charge is 2.40. The molecule has 6 heterocycles. The highest BCUT2D eigenvalue weighted by atomic mass is 16.4. The molecule has 14 N–H and O–H groups in total. The van der Waals surface area contributed by atoms with Gasteiger partial charge in [-0.05, 0) is 55.1 Å². The number of guanidine groups is 1. The quantitative estimate of drug-likeness (QED) is 0.0437. The van der Waals surface area contributed by atoms with Crippen molar-refractivity contribution in [3.8, 4) is 5.82 Å². The Morgan fingerprint density at radius 1 is 0.861 bits per heavy atom. The van der Waals surface area contributed by atoms with Gasteiger partial charge in [-0.15, -0.1) is 0 Å². The number of aromatic amines is 1. The number of carbonyl (C=O) groups excluding carboxylic acids is 8. The number of nitrogens with two attached hydrogens (primary N) is 2. The van der Waals surface area contributed by atoms with Crippen LogP contribution in [0.3, 0.4) is 0 Å². The third kappa shape index (κ3) is 13.3. The summed E-state index contributed by atoms with van der Waals surface area (Å²) in [7, 11) is 0. The monoisotopic (exact) mass is 1000 g/mol. The van der Waals surface area contributed by atoms with Crippen molar-refractivity contribution in [2.75, 3.05) is 13.1 Å². The van der Waals surface area contributed by atoms with Gasteiger partial charge in [0.15, 0.2) is 5.96 Å². The molecule has 3 aromatic rings. The van der Waals surface area contributed by atoms with Crippen molar-refractivity contribution in [2.24, 2.45) is 34.2 Å². The molecule has 1 fully saturated rings. The Kier molecular flexibility index (Phi) is 17.6. The number of carboxylic acid groups (broad SMARTS) is 1. The first-order valence-corrected chi connectivity index (χ1v) is 24.5. The van der Waals surface area contributed by atoms with Crippen LogP contribution in [-0.2, 0) is 56.0 Å². The molecule has 8 amide bonds. The van der Waals surface area contributed by atoms with Crippen LogP contribution in [0.15, 0.2) is 35.7 Å². The van der Waals surface area contributed by atoms with Gasteiger partial charge in [-0.3, -0.25) is 47.9 Å². The van der Waals surface area contributed by atoms with E-state index in [9.17, 15) is 48.3 Å². The van der Waals surface area contributed by atoms with Crippen LogP contribution < -0.4 is 54.0 Å². The number of rotatable bonds is 12. The Bertz CT molecular complexity index is 2580. The summed E-state index contributed by atoms with van der Waals surface area (Å²) in [5.74, 6) is -8.34. The maximum Gasteiger partial charge on any atom is 0.326 e. The Morgan fingerprint density at radius 3 is 2.24 bits per heavy atom. The van der Waals surface area contributed by atoms with Crippen LogP contribution >= 0.6 is 0 Å². The molecule has 1 aromatic carbocycles. The molecule has 1 unspecified atom stereocenters. The number of carbonyl (C=O) groups is 9. The van der Waals surface area contributed by atoms with Crippen molar-refractivity contribution in [3.63, 3.8) is 0 Å². The zero-order chi connectivity index (χ0) is 52.6. The van der Waals surface area contributed by atoms with Gasteiger partial charge in [0.1, 0.15) is 54.4 Å². The second-order valence-electron chi connectivity index (χ2n) is 19.7. The molecule has 4 aliphatic heterocycles. The minimum Gasteiger partial charge on any atom is -0.480 e. The lowest BCUT2D eigenvalue weighted by atomic mass is 9.81. The van der Waals surface area contributed by atoms with E-state index in [1.807, 2.05) is 34.6 Å². The lowest BCUT2D eigenvalue weighted by Crippen LogP contribution is -2.61. The number of carboxylic acids is 1. The molecule has 2 aromatic heterocycles. The van der Waals surface area contributed by atoms with Gasteiger partial charge in [0, 0.05) is 54.4 Å². The molecule has 0 spiro atoms. The molecule has 7 rings (SSSR count). The van der Waals surface area contributed by atoms with E-state index >= 15 is 0 Å². The van der Waals surface area contributed by atoms with Crippen molar-refractivity contribution in [2.45, 2.75) is 141 Å². The molecule has 24 heteroatoms. The van der Waals surface area contributed by atoms with Crippen LogP contribution in [0.1, 0.15) is 103 Å². The van der Waals surface area contributed by atoms with E-state index in [0.29, 0.717) is 34.3 Å². The molecule has 0 aliphatic carbocycles. The lowest BCUT2D eigenvalue weighted by molar-refractivity contribution is -0.141. The summed E-state index contributed by atoms with van der Waals surface area (Å²) >= 11 is 0. The van der Waals surface area contributed by atoms with E-state index in [2.05, 4.69) is 57.5 Å². The van der Waals surface area contributed by atoms with Crippen LogP contribution in [0, 0.1) is 17.8 Å². The van der Waals surface area contributed by atoms with Gasteiger partial charge in [0.2, 0.25) is 47.3 Å². The fraction of sp³-hybridized carbons (Fsp3) is 0.562. The highest BCUT2D eigenvalue weighted by Crippen LogP contribution is 2.35. The van der Waals surface area contributed by atoms with Gasteiger partial charge >= 0.3 is 5.97 Å². The number of imidazole rings is 1. The number of hydrogen-bond donors (Lipinski definition) is 12. The molecule has 0 radical (unpaired) electrons. The number of nitrogens with zero attached hydrogens (tertiary/aromatic N) is 3. The number of H-pyrrole nitrogens is 1. The molecule has 9 atom stereocenters. The van der Waals surface area contributed by atoms with Gasteiger partial charge < -0.3 is 64.1 Å². The molecule has 7 bridgehead atoms. The van der Waals surface area contributed by atoms with Gasteiger partial charge in [0.25, 0.3) is 0 Å². The second kappa shape index (κ2) is 23.6. The predicted molar refractivity (Wildman–Crippen MR) is 263 cm³/mol. The van der Waals surface area contributed by atoms with Crippen molar-refractivity contribution < 1.29 is 48.3 Å². The zero-order valence-corrected chi connectivity index (χ0v) is 41.4. The normalized spacial score (nSPS) is 25.1. The average Bonchev–Trinajstić information content (AvgIpc) is 4.07. The van der Waals surface area contributed by atoms with Gasteiger partial charge in [0.05, 0.1) is 12.2 Å². The van der Waals surface area contributed by atoms with Crippen LogP contribution in [0.25, 0.3) is 16.7 Å². The van der Waals surface area contributed by atoms with E-state index in [1.165, 1.54) is 6.33 Å². The number of aliphatic carboxylic acids is 1. The number of benzene rings is 1. The Balaban J connectivity index is 1.58. The van der Waals surface area contributed by atoms with E-state index in [1.54, 1.807) is 35.9 Å². The van der Waals surface area contributed by atoms with Gasteiger partial charge in [-0.1, -0.05) is 60.1 Å². The number of aromatic nitrogens is 3. The summed E-state index contributed by atoms with van der Waals surface area (Å²) in [4.78, 5) is 137. The smallest absolute Gasteiger partial charge is 0.326 e. The molecule has 24 nitrogen and oxygen atoms in total. The molecule has 4 aliphatic rings. The van der Waals surface area contributed by atoms with E-state index in [0.717, 1.165) is 0 Å². The summed E-state index contributed by atoms with van der Waals surface area (Å²) in [6.07, 6.45) is 3.54. The van der Waals surface area contributed by atoms with Crippen LogP contribution in [0.4, 0.5) is 0 Å². The van der Waals surface area contributed by atoms with E-state index in [4.69, 9.17) is 11.5 Å². The summed E-state index contributed by atoms with van der Waals surface area (Å²) in [6.45, 7) is 10.5. The van der Waals surface area contributed by atoms with Crippen LogP contribution in [-0.4, -0.2) is 134 Å². The fourth-order valence-corrected chi connectivity index (χ4v) is 9.41. The number of nitrogens with one attached hydrogen (secondary N) is 9. The Hall–Kier alpha value is -7.53. The van der Waals surface area contributed by atoms with Crippen molar-refractivity contribution in [1.82, 2.24) is 57.1 Å². The Labute approximate surface area is 416 Å². The summed E-state index contributed by atoms with van der Waals surface area (Å²) in [5.41, 5.74) is 12.9. The number of aliphatic imine (C=N–C) groups is 1. The Morgan fingerprint density at radius 2 is 1.58 bits per heavy atom. The SMILES string of the molecule is CCC(C)[C@@H]1NC(=O)[C@H](CC(C)C)NC(=O)[C@@H](NC(=O)[C@H]2CCC(=O)N2)[C@H](C(C)C)c2ccc3c4c([nH]c3c2)-n2cnc(c2)C[C@H](C(=O)O)NC(=O)CNC(=O)[C@H](CCCN=C(N)N)NC(=O)[C@H](C4)NC1=O. The zero-order valence-electron chi connectivity index (χ0n) is 41.4. The highest BCUT2D eigenvalue weighted by molar-refractivity contribution is 5.99. The number of hydrogen-bond acceptors (Lipinski definition) is 11. The van der Waals surface area contributed by atoms with Gasteiger partial charge in [-0.2, -0.15) is 0 Å². The molecule has 0 saturated carbocycles. The van der Waals surface area contributed by atoms with Gasteiger partial charge in [-0.25, -0.2) is 9.78 Å². The van der Waals surface area contributed by atoms with Crippen molar-refractivity contribution in [3.05, 3.63) is 47.5 Å². The standard InChI is InChI=1S/C48H68N14O10/c1-7-24(6)38-45(69)59-33-18-28-27-11-10-25(37(23(4)5)39(61-42(66)30-12-13-35(63)54-30)46(70)58-32(15-22(2)3)44(68)60-38)16-31(27)56-40(28)62-20-26(53-21-62)17-34(47(71)72)55-36(64)19-52-41(65)29(57-43(33)67)9-8-14-51-48(49)50/h10-11,16,20-24,29-30,32-34,37-39,56H,7-9,12-15,17-19H2,1-6H3,(H,52,65)(H,54,63)(H,55,64)(H,57,67)(H,58,70)(H,59,69)(H,60,68)(H,61,66)(H,71,72)(H4,49,50,51)/t24?,29-,30+,32-,33-,34+,37+,38-,39-/m0/s1. The molecule has 1 saturated heterocycles. The third-order valence-electron chi connectivity index (χ3n) is 13.4. The minimum absolute atomic E-state index is 0.0324. The van der Waals surface area contributed by atoms with E-state index < -0.39 is 108 Å². The topological polar surface area (TPSA) is 368 Å². The largest absolute Gasteiger partial charge is 0.480 e. The summed E-state index contributed by atoms with van der Waals surface area (Å²) in [5, 5.41) is 32.6. The molecule has 390 valence electrons. The average molecular weight is 1000 g/mol. The minimum atomic E-state index is -1.46. The number of amides is 8. The first-order valence-electron chi connectivity index (χ1n) is 24.5. The summed E-state index contributed by atoms with van der Waals surface area (Å²) < 4.78 is 1.58. The first kappa shape index (κ1) is 53.8. The molecule has 72 heavy (non-hydrogen) atoms. The van der Waals surface area contributed by atoms with Crippen molar-refractivity contribution in [1.29, 1.82) is 0 Å². The fourth-order valence-electron chi connectivity index (χ4n) is 9.41. The number of fused-ring (bicyclic) bond motifs is 13. The summed E-state index contributed by atoms with van der Waals surface area (Å²) in [6, 6.07) is -3.47. The lowest BCUT2D eigenvalue weighted by Gasteiger charge is -2.33. The van der Waals surface area contributed by atoms with Crippen LogP contribution in [0.2, 0.25) is 0 Å². The van der Waals surface area contributed by atoms with Crippen LogP contribution in [0.5, 0.6) is 0 Å². The first-order chi connectivity index (χ1) is 34.1. The third-order valence-corrected chi connectivity index (χ3v) is 13.4. The predicted octanol–water partition coefficient (Wildman–Crippen LogP) is -1.26. The maximum absolute atomic E-state index is 14.9.